The van der Waals surface area contributed by atoms with Gasteiger partial charge in [0.25, 0.3) is 0 Å². The Hall–Kier alpha value is -4.04. The van der Waals surface area contributed by atoms with Crippen LogP contribution < -0.4 is 10.2 Å². The molecule has 0 saturated heterocycles. The number of nitrogens with zero attached hydrogens (tertiary/aromatic N) is 2. The summed E-state index contributed by atoms with van der Waals surface area (Å²) in [5.41, 5.74) is 2.82. The molecule has 2 aromatic carbocycles. The predicted octanol–water partition coefficient (Wildman–Crippen LogP) is 2.69. The van der Waals surface area contributed by atoms with E-state index in [1.54, 1.807) is 17.3 Å². The minimum Gasteiger partial charge on any atom is -0.473 e. The molecular formula is C22H21N3O5. The number of amides is 1. The average molecular weight is 407 g/mol. The number of benzene rings is 2. The fourth-order valence-corrected chi connectivity index (χ4v) is 2.48. The van der Waals surface area contributed by atoms with Crippen molar-refractivity contribution in [1.29, 1.82) is 0 Å². The van der Waals surface area contributed by atoms with Crippen LogP contribution in [0.15, 0.2) is 85.2 Å². The van der Waals surface area contributed by atoms with Gasteiger partial charge in [0.15, 0.2) is 0 Å². The fourth-order valence-electron chi connectivity index (χ4n) is 2.48. The Morgan fingerprint density at radius 2 is 1.23 bits per heavy atom. The van der Waals surface area contributed by atoms with E-state index in [0.29, 0.717) is 6.54 Å². The van der Waals surface area contributed by atoms with E-state index in [2.05, 4.69) is 10.3 Å². The number of carboxylic acids is 2. The molecule has 0 unspecified atom stereocenters. The van der Waals surface area contributed by atoms with E-state index in [9.17, 15) is 4.79 Å². The molecule has 8 nitrogen and oxygen atoms in total. The summed E-state index contributed by atoms with van der Waals surface area (Å²) >= 11 is 0. The number of rotatable bonds is 6. The van der Waals surface area contributed by atoms with Crippen LogP contribution in [0.25, 0.3) is 0 Å². The van der Waals surface area contributed by atoms with Crippen molar-refractivity contribution in [3.63, 3.8) is 0 Å². The first-order chi connectivity index (χ1) is 14.5. The van der Waals surface area contributed by atoms with Crippen LogP contribution in [0.4, 0.5) is 11.4 Å². The monoisotopic (exact) mass is 407 g/mol. The second-order valence-corrected chi connectivity index (χ2v) is 5.97. The second-order valence-electron chi connectivity index (χ2n) is 5.97. The third kappa shape index (κ3) is 7.17. The molecule has 1 heterocycles. The van der Waals surface area contributed by atoms with Gasteiger partial charge in [-0.1, -0.05) is 36.4 Å². The summed E-state index contributed by atoms with van der Waals surface area (Å²) in [6.45, 7) is 0.887. The van der Waals surface area contributed by atoms with Gasteiger partial charge in [0.1, 0.15) is 0 Å². The van der Waals surface area contributed by atoms with Gasteiger partial charge in [0.2, 0.25) is 5.91 Å². The van der Waals surface area contributed by atoms with Crippen molar-refractivity contribution >= 4 is 29.2 Å². The first kappa shape index (κ1) is 22.3. The Balaban J connectivity index is 0.000000469. The number of carbonyl (C=O) groups excluding carboxylic acids is 1. The van der Waals surface area contributed by atoms with Gasteiger partial charge in [0.05, 0.1) is 6.54 Å². The summed E-state index contributed by atoms with van der Waals surface area (Å²) in [5, 5.41) is 18.0. The van der Waals surface area contributed by atoms with Gasteiger partial charge in [-0.15, -0.1) is 0 Å². The SMILES string of the molecule is O=C(CNCc1ccncc1)N(c1ccccc1)c1ccccc1.O=C(O)C(=O)O. The molecule has 1 amide bonds. The summed E-state index contributed by atoms with van der Waals surface area (Å²) in [5.74, 6) is -3.65. The Morgan fingerprint density at radius 1 is 0.767 bits per heavy atom. The van der Waals surface area contributed by atoms with Crippen molar-refractivity contribution in [3.05, 3.63) is 90.8 Å². The van der Waals surface area contributed by atoms with Crippen molar-refractivity contribution in [2.45, 2.75) is 6.54 Å². The van der Waals surface area contributed by atoms with Gasteiger partial charge >= 0.3 is 11.9 Å². The number of pyridine rings is 1. The lowest BCUT2D eigenvalue weighted by molar-refractivity contribution is -0.159. The molecule has 154 valence electrons. The normalized spacial score (nSPS) is 9.73. The zero-order valence-corrected chi connectivity index (χ0v) is 16.0. The molecule has 0 bridgehead atoms. The fraction of sp³-hybridized carbons (Fsp3) is 0.0909. The Kier molecular flexibility index (Phi) is 8.70. The molecule has 0 aliphatic carbocycles. The number of aromatic nitrogens is 1. The van der Waals surface area contributed by atoms with Crippen molar-refractivity contribution in [2.24, 2.45) is 0 Å². The Labute approximate surface area is 173 Å². The van der Waals surface area contributed by atoms with E-state index in [1.165, 1.54) is 0 Å². The highest BCUT2D eigenvalue weighted by Gasteiger charge is 2.17. The minimum atomic E-state index is -1.82. The zero-order chi connectivity index (χ0) is 21.8. The maximum absolute atomic E-state index is 12.8. The number of hydrogen-bond donors (Lipinski definition) is 3. The number of aliphatic carboxylic acids is 2. The Bertz CT molecular complexity index is 899. The number of nitrogens with one attached hydrogen (secondary N) is 1. The molecule has 0 saturated carbocycles. The van der Waals surface area contributed by atoms with Gasteiger partial charge in [-0.25, -0.2) is 9.59 Å². The van der Waals surface area contributed by atoms with Crippen LogP contribution in [-0.2, 0) is 20.9 Å². The van der Waals surface area contributed by atoms with Crippen LogP contribution in [0.2, 0.25) is 0 Å². The summed E-state index contributed by atoms with van der Waals surface area (Å²) in [6, 6.07) is 23.2. The molecular weight excluding hydrogens is 386 g/mol. The topological polar surface area (TPSA) is 120 Å². The molecule has 0 radical (unpaired) electrons. The van der Waals surface area contributed by atoms with Crippen LogP contribution in [0.3, 0.4) is 0 Å². The quantitative estimate of drug-likeness (QED) is 0.537. The van der Waals surface area contributed by atoms with Gasteiger partial charge in [-0.05, 0) is 42.0 Å². The minimum absolute atomic E-state index is 0.00135. The lowest BCUT2D eigenvalue weighted by atomic mass is 10.2. The van der Waals surface area contributed by atoms with Crippen molar-refractivity contribution in [1.82, 2.24) is 10.3 Å². The van der Waals surface area contributed by atoms with E-state index < -0.39 is 11.9 Å². The molecule has 3 N–H and O–H groups in total. The first-order valence-electron chi connectivity index (χ1n) is 8.98. The van der Waals surface area contributed by atoms with Crippen molar-refractivity contribution < 1.29 is 24.6 Å². The Morgan fingerprint density at radius 3 is 1.67 bits per heavy atom. The number of carbonyl (C=O) groups is 3. The molecule has 1 aromatic heterocycles. The highest BCUT2D eigenvalue weighted by Crippen LogP contribution is 2.24. The van der Waals surface area contributed by atoms with Crippen molar-refractivity contribution in [2.75, 3.05) is 11.4 Å². The van der Waals surface area contributed by atoms with E-state index in [-0.39, 0.29) is 12.5 Å². The van der Waals surface area contributed by atoms with Crippen LogP contribution in [0.5, 0.6) is 0 Å². The van der Waals surface area contributed by atoms with Crippen LogP contribution in [0, 0.1) is 0 Å². The van der Waals surface area contributed by atoms with Crippen LogP contribution in [-0.4, -0.2) is 39.6 Å². The number of para-hydroxylation sites is 2. The van der Waals surface area contributed by atoms with Gasteiger partial charge in [0, 0.05) is 30.3 Å². The van der Waals surface area contributed by atoms with E-state index in [0.717, 1.165) is 16.9 Å². The standard InChI is InChI=1S/C20H19N3O.C2H2O4/c24-20(16-22-15-17-11-13-21-14-12-17)23(18-7-3-1-4-8-18)19-9-5-2-6-10-19;3-1(4)2(5)6/h1-14,22H,15-16H2;(H,3,4)(H,5,6). The third-order valence-corrected chi connectivity index (χ3v) is 3.82. The average Bonchev–Trinajstić information content (AvgIpc) is 2.76. The predicted molar refractivity (Wildman–Crippen MR) is 111 cm³/mol. The summed E-state index contributed by atoms with van der Waals surface area (Å²) in [6.07, 6.45) is 3.50. The molecule has 0 aliphatic rings. The summed E-state index contributed by atoms with van der Waals surface area (Å²) < 4.78 is 0. The lowest BCUT2D eigenvalue weighted by Gasteiger charge is -2.23. The van der Waals surface area contributed by atoms with Gasteiger partial charge in [-0.2, -0.15) is 0 Å². The third-order valence-electron chi connectivity index (χ3n) is 3.82. The number of anilines is 2. The van der Waals surface area contributed by atoms with Gasteiger partial charge in [-0.3, -0.25) is 14.7 Å². The maximum atomic E-state index is 12.8. The second kappa shape index (κ2) is 11.7. The molecule has 30 heavy (non-hydrogen) atoms. The molecule has 8 heteroatoms. The number of carboxylic acid groups (broad SMARTS) is 2. The van der Waals surface area contributed by atoms with Crippen LogP contribution in [0.1, 0.15) is 5.56 Å². The molecule has 0 aliphatic heterocycles. The van der Waals surface area contributed by atoms with E-state index in [1.807, 2.05) is 72.8 Å². The lowest BCUT2D eigenvalue weighted by Crippen LogP contribution is -2.35. The van der Waals surface area contributed by atoms with Crippen LogP contribution >= 0.6 is 0 Å². The highest BCUT2D eigenvalue weighted by atomic mass is 16.4. The zero-order valence-electron chi connectivity index (χ0n) is 16.0. The molecule has 3 aromatic rings. The molecule has 3 rings (SSSR count). The summed E-state index contributed by atoms with van der Waals surface area (Å²) in [7, 11) is 0. The largest absolute Gasteiger partial charge is 0.473 e. The van der Waals surface area contributed by atoms with E-state index in [4.69, 9.17) is 19.8 Å². The van der Waals surface area contributed by atoms with Crippen molar-refractivity contribution in [3.8, 4) is 0 Å². The van der Waals surface area contributed by atoms with Gasteiger partial charge < -0.3 is 15.5 Å². The molecule has 0 spiro atoms. The summed E-state index contributed by atoms with van der Waals surface area (Å²) in [4.78, 5) is 36.7. The number of hydrogen-bond acceptors (Lipinski definition) is 5. The first-order valence-corrected chi connectivity index (χ1v) is 8.98. The highest BCUT2D eigenvalue weighted by molar-refractivity contribution is 6.27. The smallest absolute Gasteiger partial charge is 0.414 e. The molecule has 0 fully saturated rings. The molecule has 0 atom stereocenters. The maximum Gasteiger partial charge on any atom is 0.414 e. The van der Waals surface area contributed by atoms with E-state index >= 15 is 0 Å².